The van der Waals surface area contributed by atoms with Crippen LogP contribution in [0, 0.1) is 0 Å². The van der Waals surface area contributed by atoms with Crippen LogP contribution in [0.4, 0.5) is 32.0 Å². The fourth-order valence-corrected chi connectivity index (χ4v) is 7.02. The van der Waals surface area contributed by atoms with Crippen molar-refractivity contribution in [3.05, 3.63) is 101 Å². The molecule has 50 heavy (non-hydrogen) atoms. The summed E-state index contributed by atoms with van der Waals surface area (Å²) in [6, 6.07) is 16.7. The Morgan fingerprint density at radius 2 is 1.68 bits per heavy atom. The van der Waals surface area contributed by atoms with Crippen LogP contribution in [0.1, 0.15) is 41.7 Å². The van der Waals surface area contributed by atoms with Crippen molar-refractivity contribution in [2.75, 3.05) is 57.4 Å². The fourth-order valence-electron chi connectivity index (χ4n) is 7.02. The lowest BCUT2D eigenvalue weighted by Crippen LogP contribution is -2.56. The first kappa shape index (κ1) is 35.7. The molecule has 6 rings (SSSR count). The maximum Gasteiger partial charge on any atom is 0.430 e. The van der Waals surface area contributed by atoms with Gasteiger partial charge in [-0.15, -0.1) is 0 Å². The van der Waals surface area contributed by atoms with Gasteiger partial charge >= 0.3 is 12.4 Å². The Bertz CT molecular complexity index is 1690. The van der Waals surface area contributed by atoms with E-state index < -0.39 is 30.1 Å². The highest BCUT2D eigenvalue weighted by molar-refractivity contribution is 5.79. The van der Waals surface area contributed by atoms with E-state index in [0.29, 0.717) is 51.7 Å². The Balaban J connectivity index is 1.14. The van der Waals surface area contributed by atoms with Gasteiger partial charge in [-0.25, -0.2) is 0 Å². The second-order valence-electron chi connectivity index (χ2n) is 13.2. The molecule has 3 aliphatic rings. The quantitative estimate of drug-likeness (QED) is 0.253. The van der Waals surface area contributed by atoms with E-state index in [1.165, 1.54) is 42.0 Å². The van der Waals surface area contributed by atoms with Crippen molar-refractivity contribution < 1.29 is 40.6 Å². The first-order valence-corrected chi connectivity index (χ1v) is 16.6. The highest BCUT2D eigenvalue weighted by Crippen LogP contribution is 2.54. The molecule has 3 aliphatic heterocycles. The molecule has 0 spiro atoms. The second kappa shape index (κ2) is 13.9. The second-order valence-corrected chi connectivity index (χ2v) is 13.2. The van der Waals surface area contributed by atoms with Crippen LogP contribution in [-0.4, -0.2) is 80.6 Å². The van der Waals surface area contributed by atoms with E-state index in [1.54, 1.807) is 24.0 Å². The molecule has 1 amide bonds. The Hall–Kier alpha value is -4.07. The molecule has 3 aromatic rings. The lowest BCUT2D eigenvalue weighted by molar-refractivity contribution is -0.392. The van der Waals surface area contributed by atoms with Crippen LogP contribution in [0.2, 0.25) is 0 Å². The summed E-state index contributed by atoms with van der Waals surface area (Å²) in [5.74, 6) is 0.856. The van der Waals surface area contributed by atoms with Gasteiger partial charge in [0.05, 0.1) is 25.3 Å². The minimum Gasteiger partial charge on any atom is -0.493 e. The SMILES string of the molecule is CC=Cc1cc(C(OCc2ccccc2)(C(F)(F)F)C(F)(F)F)ccc1N1CCN(C(=O)CN2CNC(C)(c3ccc4c(c3)OCC4)C2)CC1. The van der Waals surface area contributed by atoms with Crippen LogP contribution < -0.4 is 15.0 Å². The average Bonchev–Trinajstić information content (AvgIpc) is 3.71. The number of ether oxygens (including phenoxy) is 2. The summed E-state index contributed by atoms with van der Waals surface area (Å²) in [7, 11) is 0. The van der Waals surface area contributed by atoms with Crippen LogP contribution in [0.25, 0.3) is 6.08 Å². The van der Waals surface area contributed by atoms with E-state index >= 15 is 0 Å². The van der Waals surface area contributed by atoms with Crippen molar-refractivity contribution in [1.29, 1.82) is 0 Å². The molecule has 0 aliphatic carbocycles. The maximum absolute atomic E-state index is 14.5. The van der Waals surface area contributed by atoms with Crippen LogP contribution in [0.15, 0.2) is 72.8 Å². The lowest BCUT2D eigenvalue weighted by atomic mass is 9.89. The van der Waals surface area contributed by atoms with Crippen molar-refractivity contribution in [3.63, 3.8) is 0 Å². The van der Waals surface area contributed by atoms with Crippen molar-refractivity contribution in [2.45, 2.75) is 50.4 Å². The van der Waals surface area contributed by atoms with Gasteiger partial charge in [-0.2, -0.15) is 26.3 Å². The monoisotopic (exact) mass is 702 g/mol. The number of allylic oxidation sites excluding steroid dienone is 1. The molecule has 0 bridgehead atoms. The molecule has 3 aromatic carbocycles. The average molecular weight is 703 g/mol. The largest absolute Gasteiger partial charge is 0.493 e. The van der Waals surface area contributed by atoms with Gasteiger partial charge in [-0.3, -0.25) is 15.0 Å². The number of halogens is 6. The number of nitrogens with one attached hydrogen (secondary N) is 1. The van der Waals surface area contributed by atoms with Crippen molar-refractivity contribution in [2.24, 2.45) is 0 Å². The molecule has 7 nitrogen and oxygen atoms in total. The van der Waals surface area contributed by atoms with E-state index in [0.717, 1.165) is 29.9 Å². The Kier molecular flexibility index (Phi) is 9.95. The van der Waals surface area contributed by atoms with Crippen LogP contribution in [-0.2, 0) is 33.7 Å². The zero-order valence-electron chi connectivity index (χ0n) is 27.9. The maximum atomic E-state index is 14.5. The number of carbonyl (C=O) groups excluding carboxylic acids is 1. The van der Waals surface area contributed by atoms with E-state index in [4.69, 9.17) is 9.47 Å². The van der Waals surface area contributed by atoms with E-state index in [-0.39, 0.29) is 29.1 Å². The summed E-state index contributed by atoms with van der Waals surface area (Å²) in [5, 5.41) is 3.53. The van der Waals surface area contributed by atoms with Gasteiger partial charge in [0, 0.05) is 57.1 Å². The van der Waals surface area contributed by atoms with Gasteiger partial charge in [0.25, 0.3) is 5.60 Å². The molecule has 1 atom stereocenters. The van der Waals surface area contributed by atoms with Gasteiger partial charge in [0.1, 0.15) is 5.75 Å². The highest BCUT2D eigenvalue weighted by atomic mass is 19.4. The summed E-state index contributed by atoms with van der Waals surface area (Å²) in [6.45, 7) is 6.31. The van der Waals surface area contributed by atoms with Gasteiger partial charge < -0.3 is 19.3 Å². The summed E-state index contributed by atoms with van der Waals surface area (Å²) in [5.41, 5.74) is -2.84. The van der Waals surface area contributed by atoms with Crippen LogP contribution >= 0.6 is 0 Å². The third-order valence-electron chi connectivity index (χ3n) is 9.77. The molecule has 2 saturated heterocycles. The number of piperazine rings is 1. The number of nitrogens with zero attached hydrogens (tertiary/aromatic N) is 3. The minimum atomic E-state index is -5.81. The summed E-state index contributed by atoms with van der Waals surface area (Å²) in [6.07, 6.45) is -7.67. The van der Waals surface area contributed by atoms with E-state index in [2.05, 4.69) is 35.3 Å². The molecule has 2 fully saturated rings. The number of hydrogen-bond acceptors (Lipinski definition) is 6. The number of fused-ring (bicyclic) bond motifs is 1. The van der Waals surface area contributed by atoms with E-state index in [1.807, 2.05) is 4.90 Å². The number of carbonyl (C=O) groups is 1. The number of amides is 1. The summed E-state index contributed by atoms with van der Waals surface area (Å²) < 4.78 is 97.9. The topological polar surface area (TPSA) is 57.3 Å². The van der Waals surface area contributed by atoms with Crippen molar-refractivity contribution in [1.82, 2.24) is 15.1 Å². The Morgan fingerprint density at radius 1 is 0.960 bits per heavy atom. The van der Waals surface area contributed by atoms with Crippen LogP contribution in [0.5, 0.6) is 5.75 Å². The van der Waals surface area contributed by atoms with Gasteiger partial charge in [-0.05, 0) is 54.3 Å². The minimum absolute atomic E-state index is 0.0484. The fraction of sp³-hybridized carbons (Fsp3) is 0.432. The molecular formula is C37H40F6N4O3. The molecule has 268 valence electrons. The standard InChI is InChI=1S/C37H40F6N4O3/c1-3-7-28-20-30(35(36(38,39)40,37(41,42)43)50-23-26-8-5-4-6-9-26)12-13-31(28)46-15-17-47(18-16-46)33(48)22-45-24-34(2,44-25-45)29-11-10-27-14-19-49-32(27)21-29/h3-13,20-21,44H,14-19,22-25H2,1-2H3. The first-order valence-electron chi connectivity index (χ1n) is 16.6. The zero-order chi connectivity index (χ0) is 35.7. The normalized spacial score (nSPS) is 20.4. The molecule has 1 unspecified atom stereocenters. The number of benzene rings is 3. The molecule has 0 aromatic heterocycles. The number of hydrogen-bond donors (Lipinski definition) is 1. The smallest absolute Gasteiger partial charge is 0.430 e. The molecule has 0 saturated carbocycles. The van der Waals surface area contributed by atoms with Gasteiger partial charge in [0.2, 0.25) is 5.91 Å². The number of rotatable bonds is 9. The van der Waals surface area contributed by atoms with Crippen LogP contribution in [0.3, 0.4) is 0 Å². The third-order valence-corrected chi connectivity index (χ3v) is 9.77. The molecule has 1 N–H and O–H groups in total. The van der Waals surface area contributed by atoms with E-state index in [9.17, 15) is 31.1 Å². The van der Waals surface area contributed by atoms with Crippen molar-refractivity contribution in [3.8, 4) is 5.75 Å². The number of alkyl halides is 6. The Morgan fingerprint density at radius 3 is 2.36 bits per heavy atom. The molecule has 3 heterocycles. The molecular weight excluding hydrogens is 662 g/mol. The third kappa shape index (κ3) is 6.95. The zero-order valence-corrected chi connectivity index (χ0v) is 27.9. The first-order chi connectivity index (χ1) is 23.7. The molecule has 13 heteroatoms. The highest BCUT2D eigenvalue weighted by Gasteiger charge is 2.73. The van der Waals surface area contributed by atoms with Crippen molar-refractivity contribution >= 4 is 17.7 Å². The molecule has 0 radical (unpaired) electrons. The summed E-state index contributed by atoms with van der Waals surface area (Å²) in [4.78, 5) is 19.0. The number of anilines is 1. The van der Waals surface area contributed by atoms with Gasteiger partial charge in [0.15, 0.2) is 0 Å². The predicted molar refractivity (Wildman–Crippen MR) is 178 cm³/mol. The van der Waals surface area contributed by atoms with Gasteiger partial charge in [-0.1, -0.05) is 60.7 Å². The lowest BCUT2D eigenvalue weighted by Gasteiger charge is -2.39. The predicted octanol–water partition coefficient (Wildman–Crippen LogP) is 6.62. The Labute approximate surface area is 287 Å². The summed E-state index contributed by atoms with van der Waals surface area (Å²) >= 11 is 0.